The maximum absolute atomic E-state index is 12.3. The van der Waals surface area contributed by atoms with Gasteiger partial charge in [0, 0.05) is 18.4 Å². The predicted octanol–water partition coefficient (Wildman–Crippen LogP) is 4.84. The van der Waals surface area contributed by atoms with Crippen LogP contribution in [-0.4, -0.2) is 11.7 Å². The lowest BCUT2D eigenvalue weighted by molar-refractivity contribution is -0.121. The molecule has 3 nitrogen and oxygen atoms in total. The zero-order valence-electron chi connectivity index (χ0n) is 15.6. The summed E-state index contributed by atoms with van der Waals surface area (Å²) in [6, 6.07) is 13.9. The lowest BCUT2D eigenvalue weighted by Crippen LogP contribution is -2.28. The van der Waals surface area contributed by atoms with Crippen molar-refractivity contribution in [3.8, 4) is 0 Å². The third-order valence-electron chi connectivity index (χ3n) is 4.63. The highest BCUT2D eigenvalue weighted by atomic mass is 16.2. The molecule has 0 saturated heterocycles. The van der Waals surface area contributed by atoms with Crippen molar-refractivity contribution in [2.45, 2.75) is 53.0 Å². The number of hydrogen-bond acceptors (Lipinski definition) is 2. The van der Waals surface area contributed by atoms with E-state index in [9.17, 15) is 9.59 Å². The smallest absolute Gasteiger partial charge is 0.220 e. The molecule has 2 aromatic carbocycles. The summed E-state index contributed by atoms with van der Waals surface area (Å²) in [4.78, 5) is 24.5. The van der Waals surface area contributed by atoms with E-state index in [-0.39, 0.29) is 30.6 Å². The van der Waals surface area contributed by atoms with Gasteiger partial charge in [-0.25, -0.2) is 0 Å². The molecule has 0 aliphatic heterocycles. The third-order valence-corrected chi connectivity index (χ3v) is 4.63. The molecule has 0 bridgehead atoms. The minimum Gasteiger partial charge on any atom is -0.349 e. The van der Waals surface area contributed by atoms with Gasteiger partial charge in [0.05, 0.1) is 6.04 Å². The molecule has 0 aliphatic carbocycles. The first-order valence-corrected chi connectivity index (χ1v) is 8.87. The Morgan fingerprint density at radius 3 is 2.20 bits per heavy atom. The van der Waals surface area contributed by atoms with Crippen LogP contribution in [-0.2, 0) is 4.79 Å². The van der Waals surface area contributed by atoms with Crippen molar-refractivity contribution in [3.63, 3.8) is 0 Å². The molecule has 1 N–H and O–H groups in total. The van der Waals surface area contributed by atoms with Crippen LogP contribution in [0.25, 0.3) is 0 Å². The van der Waals surface area contributed by atoms with Crippen LogP contribution in [0, 0.1) is 20.8 Å². The highest BCUT2D eigenvalue weighted by Crippen LogP contribution is 2.18. The number of benzene rings is 2. The molecular formula is C22H27NO2. The van der Waals surface area contributed by atoms with Gasteiger partial charge >= 0.3 is 0 Å². The fourth-order valence-corrected chi connectivity index (χ4v) is 2.77. The summed E-state index contributed by atoms with van der Waals surface area (Å²) in [5.41, 5.74) is 5.24. The Hall–Kier alpha value is -2.42. The number of hydrogen-bond donors (Lipinski definition) is 1. The molecule has 0 saturated carbocycles. The minimum absolute atomic E-state index is 0.00942. The summed E-state index contributed by atoms with van der Waals surface area (Å²) in [5, 5.41) is 3.04. The summed E-state index contributed by atoms with van der Waals surface area (Å²) in [6.07, 6.45) is 1.27. The van der Waals surface area contributed by atoms with Crippen LogP contribution in [0.1, 0.15) is 64.8 Å². The number of ketones is 1. The van der Waals surface area contributed by atoms with E-state index in [0.717, 1.165) is 23.1 Å². The van der Waals surface area contributed by atoms with Crippen molar-refractivity contribution in [1.82, 2.24) is 5.32 Å². The Labute approximate surface area is 150 Å². The van der Waals surface area contributed by atoms with E-state index < -0.39 is 0 Å². The van der Waals surface area contributed by atoms with E-state index >= 15 is 0 Å². The van der Waals surface area contributed by atoms with E-state index in [4.69, 9.17) is 0 Å². The molecule has 1 amide bonds. The minimum atomic E-state index is -0.0791. The van der Waals surface area contributed by atoms with Gasteiger partial charge in [-0.15, -0.1) is 0 Å². The van der Waals surface area contributed by atoms with Gasteiger partial charge < -0.3 is 5.32 Å². The van der Waals surface area contributed by atoms with Crippen LogP contribution in [0.2, 0.25) is 0 Å². The van der Waals surface area contributed by atoms with Gasteiger partial charge in [0.2, 0.25) is 5.91 Å². The Morgan fingerprint density at radius 1 is 0.920 bits per heavy atom. The van der Waals surface area contributed by atoms with Gasteiger partial charge in [-0.3, -0.25) is 9.59 Å². The van der Waals surface area contributed by atoms with E-state index in [1.165, 1.54) is 5.56 Å². The van der Waals surface area contributed by atoms with Crippen LogP contribution < -0.4 is 5.32 Å². The normalized spacial score (nSPS) is 11.8. The molecule has 132 valence electrons. The number of nitrogens with one attached hydrogen (secondary N) is 1. The van der Waals surface area contributed by atoms with E-state index in [0.29, 0.717) is 5.56 Å². The molecule has 3 heteroatoms. The molecule has 25 heavy (non-hydrogen) atoms. The maximum atomic E-state index is 12.3. The summed E-state index contributed by atoms with van der Waals surface area (Å²) < 4.78 is 0. The zero-order valence-corrected chi connectivity index (χ0v) is 15.6. The van der Waals surface area contributed by atoms with Crippen molar-refractivity contribution < 1.29 is 9.59 Å². The molecule has 0 fully saturated rings. The second kappa shape index (κ2) is 8.61. The van der Waals surface area contributed by atoms with Crippen molar-refractivity contribution >= 4 is 11.7 Å². The van der Waals surface area contributed by atoms with Gasteiger partial charge in [-0.2, -0.15) is 0 Å². The molecular weight excluding hydrogens is 310 g/mol. The van der Waals surface area contributed by atoms with Crippen molar-refractivity contribution in [2.75, 3.05) is 0 Å². The zero-order chi connectivity index (χ0) is 18.4. The standard InChI is InChI=1S/C22H27NO2/c1-5-20(18-9-6-15(2)7-10-18)23-22(25)13-12-21(24)19-11-8-16(3)17(4)14-19/h6-11,14,20H,5,12-13H2,1-4H3,(H,23,25). The molecule has 1 unspecified atom stereocenters. The quantitative estimate of drug-likeness (QED) is 0.735. The first kappa shape index (κ1) is 18.9. The largest absolute Gasteiger partial charge is 0.349 e. The van der Waals surface area contributed by atoms with Crippen molar-refractivity contribution in [1.29, 1.82) is 0 Å². The van der Waals surface area contributed by atoms with Crippen LogP contribution in [0.5, 0.6) is 0 Å². The fraction of sp³-hybridized carbons (Fsp3) is 0.364. The second-order valence-corrected chi connectivity index (χ2v) is 6.66. The van der Waals surface area contributed by atoms with Gasteiger partial charge in [0.1, 0.15) is 0 Å². The highest BCUT2D eigenvalue weighted by Gasteiger charge is 2.14. The van der Waals surface area contributed by atoms with Crippen LogP contribution in [0.15, 0.2) is 42.5 Å². The monoisotopic (exact) mass is 337 g/mol. The highest BCUT2D eigenvalue weighted by molar-refractivity contribution is 5.98. The average Bonchev–Trinajstić information content (AvgIpc) is 2.60. The van der Waals surface area contributed by atoms with E-state index in [1.807, 2.05) is 70.2 Å². The molecule has 0 spiro atoms. The molecule has 2 rings (SSSR count). The van der Waals surface area contributed by atoms with Gasteiger partial charge in [0.25, 0.3) is 0 Å². The Balaban J connectivity index is 1.91. The number of Topliss-reactive ketones (excluding diaryl/α,β-unsaturated/α-hetero) is 1. The Bertz CT molecular complexity index is 747. The number of amides is 1. The average molecular weight is 337 g/mol. The third kappa shape index (κ3) is 5.28. The first-order chi connectivity index (χ1) is 11.9. The number of aryl methyl sites for hydroxylation is 3. The fourth-order valence-electron chi connectivity index (χ4n) is 2.77. The maximum Gasteiger partial charge on any atom is 0.220 e. The van der Waals surface area contributed by atoms with Crippen molar-refractivity contribution in [2.24, 2.45) is 0 Å². The van der Waals surface area contributed by atoms with Gasteiger partial charge in [-0.05, 0) is 49.9 Å². The van der Waals surface area contributed by atoms with E-state index in [2.05, 4.69) is 5.32 Å². The van der Waals surface area contributed by atoms with Crippen LogP contribution in [0.4, 0.5) is 0 Å². The summed E-state index contributed by atoms with van der Waals surface area (Å²) in [6.45, 7) is 8.10. The molecule has 2 aromatic rings. The number of carbonyl (C=O) groups is 2. The lowest BCUT2D eigenvalue weighted by atomic mass is 10.0. The lowest BCUT2D eigenvalue weighted by Gasteiger charge is -2.17. The first-order valence-electron chi connectivity index (χ1n) is 8.87. The van der Waals surface area contributed by atoms with Crippen LogP contribution in [0.3, 0.4) is 0 Å². The molecule has 0 radical (unpaired) electrons. The summed E-state index contributed by atoms with van der Waals surface area (Å²) in [7, 11) is 0. The SMILES string of the molecule is CCC(NC(=O)CCC(=O)c1ccc(C)c(C)c1)c1ccc(C)cc1. The molecule has 1 atom stereocenters. The van der Waals surface area contributed by atoms with Gasteiger partial charge in [0.15, 0.2) is 5.78 Å². The van der Waals surface area contributed by atoms with Gasteiger partial charge in [-0.1, -0.05) is 48.9 Å². The Morgan fingerprint density at radius 2 is 1.60 bits per heavy atom. The molecule has 0 aliphatic rings. The Kier molecular flexibility index (Phi) is 6.51. The summed E-state index contributed by atoms with van der Waals surface area (Å²) in [5.74, 6) is -0.0637. The van der Waals surface area contributed by atoms with Crippen LogP contribution >= 0.6 is 0 Å². The molecule has 0 heterocycles. The predicted molar refractivity (Wildman–Crippen MR) is 102 cm³/mol. The topological polar surface area (TPSA) is 46.2 Å². The van der Waals surface area contributed by atoms with Crippen molar-refractivity contribution in [3.05, 3.63) is 70.3 Å². The van der Waals surface area contributed by atoms with E-state index in [1.54, 1.807) is 0 Å². The second-order valence-electron chi connectivity index (χ2n) is 6.66. The number of carbonyl (C=O) groups excluding carboxylic acids is 2. The molecule has 0 aromatic heterocycles. The number of rotatable bonds is 7. The summed E-state index contributed by atoms with van der Waals surface area (Å²) >= 11 is 0.